The molecule has 1 heterocycles. The smallest absolute Gasteiger partial charge is 0.125 e. The van der Waals surface area contributed by atoms with Crippen molar-refractivity contribution in [3.63, 3.8) is 0 Å². The minimum absolute atomic E-state index is 0.0231. The van der Waals surface area contributed by atoms with Crippen LogP contribution in [0.5, 0.6) is 0 Å². The van der Waals surface area contributed by atoms with Gasteiger partial charge in [-0.15, -0.1) is 12.3 Å². The summed E-state index contributed by atoms with van der Waals surface area (Å²) in [7, 11) is 0. The van der Waals surface area contributed by atoms with Gasteiger partial charge in [-0.05, 0) is 25.8 Å². The van der Waals surface area contributed by atoms with Crippen LogP contribution in [0, 0.1) is 19.3 Å². The topological polar surface area (TPSA) is 51.8 Å². The van der Waals surface area contributed by atoms with Crippen molar-refractivity contribution in [1.29, 1.82) is 0 Å². The molecule has 1 atom stereocenters. The number of aryl methyl sites for hydroxylation is 1. The third-order valence-corrected chi connectivity index (χ3v) is 2.01. The highest BCUT2D eigenvalue weighted by Crippen LogP contribution is 2.13. The fourth-order valence-electron chi connectivity index (χ4n) is 1.25. The van der Waals surface area contributed by atoms with Crippen molar-refractivity contribution in [3.05, 3.63) is 23.8 Å². The first-order valence-corrected chi connectivity index (χ1v) is 4.72. The maximum Gasteiger partial charge on any atom is 0.125 e. The first-order valence-electron chi connectivity index (χ1n) is 4.72. The molecule has 74 valence electrons. The molecule has 0 saturated carbocycles. The van der Waals surface area contributed by atoms with Gasteiger partial charge in [0.05, 0.1) is 5.69 Å². The molecule has 3 nitrogen and oxygen atoms in total. The van der Waals surface area contributed by atoms with Gasteiger partial charge in [0.25, 0.3) is 0 Å². The summed E-state index contributed by atoms with van der Waals surface area (Å²) in [4.78, 5) is 8.28. The van der Waals surface area contributed by atoms with Crippen LogP contribution in [0.3, 0.4) is 0 Å². The molecule has 0 aliphatic carbocycles. The van der Waals surface area contributed by atoms with Crippen molar-refractivity contribution in [3.8, 4) is 12.3 Å². The number of hydrogen-bond donors (Lipinski definition) is 1. The van der Waals surface area contributed by atoms with Gasteiger partial charge in [-0.1, -0.05) is 0 Å². The number of nitrogens with two attached hydrogens (primary N) is 1. The summed E-state index contributed by atoms with van der Waals surface area (Å²) >= 11 is 0. The molecule has 0 aliphatic rings. The Hall–Kier alpha value is -1.40. The van der Waals surface area contributed by atoms with Crippen LogP contribution in [0.25, 0.3) is 0 Å². The Morgan fingerprint density at radius 2 is 2.43 bits per heavy atom. The number of unbranched alkanes of at least 4 members (excludes halogenated alkanes) is 1. The van der Waals surface area contributed by atoms with Gasteiger partial charge in [0.1, 0.15) is 5.82 Å². The fourth-order valence-corrected chi connectivity index (χ4v) is 1.25. The predicted octanol–water partition coefficient (Wildman–Crippen LogP) is 1.59. The summed E-state index contributed by atoms with van der Waals surface area (Å²) in [5.74, 6) is 3.36. The second kappa shape index (κ2) is 5.36. The molecule has 3 heteroatoms. The lowest BCUT2D eigenvalue weighted by atomic mass is 10.1. The molecule has 1 aromatic heterocycles. The highest BCUT2D eigenvalue weighted by Gasteiger charge is 2.06. The first kappa shape index (κ1) is 10.7. The summed E-state index contributed by atoms with van der Waals surface area (Å²) < 4.78 is 0. The summed E-state index contributed by atoms with van der Waals surface area (Å²) in [6.45, 7) is 1.86. The Morgan fingerprint density at radius 3 is 3.07 bits per heavy atom. The Kier molecular flexibility index (Phi) is 4.09. The molecular formula is C11H15N3. The van der Waals surface area contributed by atoms with E-state index in [4.69, 9.17) is 12.2 Å². The molecule has 0 fully saturated rings. The molecule has 0 saturated heterocycles. The van der Waals surface area contributed by atoms with E-state index in [2.05, 4.69) is 15.9 Å². The van der Waals surface area contributed by atoms with Crippen molar-refractivity contribution >= 4 is 0 Å². The monoisotopic (exact) mass is 189 g/mol. The highest BCUT2D eigenvalue weighted by molar-refractivity contribution is 5.06. The first-order chi connectivity index (χ1) is 6.74. The van der Waals surface area contributed by atoms with E-state index in [0.717, 1.165) is 30.8 Å². The lowest BCUT2D eigenvalue weighted by Crippen LogP contribution is -2.12. The van der Waals surface area contributed by atoms with E-state index < -0.39 is 0 Å². The van der Waals surface area contributed by atoms with E-state index in [1.165, 1.54) is 0 Å². The summed E-state index contributed by atoms with van der Waals surface area (Å²) in [5.41, 5.74) is 6.84. The molecule has 0 bridgehead atoms. The molecule has 1 aromatic rings. The Bertz CT molecular complexity index is 328. The summed E-state index contributed by atoms with van der Waals surface area (Å²) in [6, 6.07) is 1.83. The number of rotatable bonds is 4. The molecule has 0 spiro atoms. The minimum atomic E-state index is -0.0231. The van der Waals surface area contributed by atoms with Gasteiger partial charge in [0, 0.05) is 18.7 Å². The van der Waals surface area contributed by atoms with Crippen LogP contribution in [0.4, 0.5) is 0 Å². The molecule has 0 amide bonds. The zero-order valence-corrected chi connectivity index (χ0v) is 8.40. The van der Waals surface area contributed by atoms with Crippen molar-refractivity contribution in [2.45, 2.75) is 32.2 Å². The third-order valence-electron chi connectivity index (χ3n) is 2.01. The van der Waals surface area contributed by atoms with E-state index in [9.17, 15) is 0 Å². The number of aromatic nitrogens is 2. The predicted molar refractivity (Wildman–Crippen MR) is 56.4 cm³/mol. The van der Waals surface area contributed by atoms with E-state index in [-0.39, 0.29) is 6.04 Å². The molecule has 1 rings (SSSR count). The average Bonchev–Trinajstić information content (AvgIpc) is 2.18. The maximum absolute atomic E-state index is 5.95. The zero-order chi connectivity index (χ0) is 10.4. The molecule has 14 heavy (non-hydrogen) atoms. The Morgan fingerprint density at radius 1 is 1.64 bits per heavy atom. The second-order valence-corrected chi connectivity index (χ2v) is 3.23. The van der Waals surface area contributed by atoms with Crippen LogP contribution >= 0.6 is 0 Å². The van der Waals surface area contributed by atoms with Crippen LogP contribution < -0.4 is 5.73 Å². The summed E-state index contributed by atoms with van der Waals surface area (Å²) in [5, 5.41) is 0. The number of terminal acetylenes is 1. The van der Waals surface area contributed by atoms with Crippen LogP contribution in [-0.2, 0) is 0 Å². The van der Waals surface area contributed by atoms with Crippen molar-refractivity contribution in [2.75, 3.05) is 0 Å². The van der Waals surface area contributed by atoms with E-state index in [1.54, 1.807) is 6.20 Å². The van der Waals surface area contributed by atoms with Crippen LogP contribution in [0.15, 0.2) is 12.3 Å². The third kappa shape index (κ3) is 3.15. The van der Waals surface area contributed by atoms with Gasteiger partial charge in [0.2, 0.25) is 0 Å². The van der Waals surface area contributed by atoms with Crippen molar-refractivity contribution < 1.29 is 0 Å². The van der Waals surface area contributed by atoms with Gasteiger partial charge in [0.15, 0.2) is 0 Å². The average molecular weight is 189 g/mol. The molecule has 0 radical (unpaired) electrons. The van der Waals surface area contributed by atoms with Crippen molar-refractivity contribution in [2.24, 2.45) is 5.73 Å². The van der Waals surface area contributed by atoms with Gasteiger partial charge >= 0.3 is 0 Å². The molecule has 0 aliphatic heterocycles. The molecular weight excluding hydrogens is 174 g/mol. The molecule has 1 unspecified atom stereocenters. The van der Waals surface area contributed by atoms with Crippen LogP contribution in [-0.4, -0.2) is 9.97 Å². The van der Waals surface area contributed by atoms with Gasteiger partial charge in [-0.3, -0.25) is 0 Å². The maximum atomic E-state index is 5.95. The van der Waals surface area contributed by atoms with Crippen LogP contribution in [0.2, 0.25) is 0 Å². The van der Waals surface area contributed by atoms with Gasteiger partial charge in [-0.2, -0.15) is 0 Å². The number of hydrogen-bond acceptors (Lipinski definition) is 3. The van der Waals surface area contributed by atoms with Crippen molar-refractivity contribution in [1.82, 2.24) is 9.97 Å². The molecule has 0 aromatic carbocycles. The second-order valence-electron chi connectivity index (χ2n) is 3.23. The fraction of sp³-hybridized carbons (Fsp3) is 0.455. The normalized spacial score (nSPS) is 12.1. The lowest BCUT2D eigenvalue weighted by Gasteiger charge is -2.09. The SMILES string of the molecule is C#CCCCC(N)c1ccnc(C)n1. The standard InChI is InChI=1S/C11H15N3/c1-3-4-5-6-10(12)11-7-8-13-9(2)14-11/h1,7-8,10H,4-6,12H2,2H3. The molecule has 2 N–H and O–H groups in total. The largest absolute Gasteiger partial charge is 0.323 e. The summed E-state index contributed by atoms with van der Waals surface area (Å²) in [6.07, 6.45) is 9.49. The van der Waals surface area contributed by atoms with E-state index in [1.807, 2.05) is 13.0 Å². The van der Waals surface area contributed by atoms with Gasteiger partial charge in [-0.25, -0.2) is 9.97 Å². The Labute approximate surface area is 84.8 Å². The quantitative estimate of drug-likeness (QED) is 0.578. The van der Waals surface area contributed by atoms with Gasteiger partial charge < -0.3 is 5.73 Å². The Balaban J connectivity index is 2.52. The lowest BCUT2D eigenvalue weighted by molar-refractivity contribution is 0.602. The highest BCUT2D eigenvalue weighted by atomic mass is 14.9. The van der Waals surface area contributed by atoms with E-state index >= 15 is 0 Å². The minimum Gasteiger partial charge on any atom is -0.323 e. The number of nitrogens with zero attached hydrogens (tertiary/aromatic N) is 2. The van der Waals surface area contributed by atoms with Crippen LogP contribution in [0.1, 0.15) is 36.8 Å². The zero-order valence-electron chi connectivity index (χ0n) is 8.40. The van der Waals surface area contributed by atoms with E-state index in [0.29, 0.717) is 0 Å².